The molecule has 1 aromatic heterocycles. The Hall–Kier alpha value is -1.53. The number of rotatable bonds is 3. The lowest BCUT2D eigenvalue weighted by molar-refractivity contribution is -0.142. The Morgan fingerprint density at radius 1 is 1.11 bits per heavy atom. The summed E-state index contributed by atoms with van der Waals surface area (Å²) in [6.45, 7) is -0.637. The number of benzene rings is 1. The van der Waals surface area contributed by atoms with E-state index in [4.69, 9.17) is 5.73 Å². The van der Waals surface area contributed by atoms with Crippen LogP contribution in [-0.2, 0) is 13.1 Å². The predicted molar refractivity (Wildman–Crippen MR) is 68.9 cm³/mol. The summed E-state index contributed by atoms with van der Waals surface area (Å²) < 4.78 is 37.4. The minimum atomic E-state index is -4.26. The van der Waals surface area contributed by atoms with E-state index in [1.165, 1.54) is 12.4 Å². The number of nitrogens with zero attached hydrogens (tertiary/aromatic N) is 2. The summed E-state index contributed by atoms with van der Waals surface area (Å²) in [5.41, 5.74) is 7.92. The van der Waals surface area contributed by atoms with Crippen molar-refractivity contribution in [2.75, 3.05) is 0 Å². The first-order valence-corrected chi connectivity index (χ1v) is 5.36. The fraction of sp³-hybridized carbons (Fsp3) is 0.250. The van der Waals surface area contributed by atoms with Gasteiger partial charge in [-0.05, 0) is 11.1 Å². The SMILES string of the molecule is Cl.NCc1ccc(-c2cnn(CC(F)(F)F)c2)cc1. The monoisotopic (exact) mass is 291 g/mol. The smallest absolute Gasteiger partial charge is 0.326 e. The standard InChI is InChI=1S/C12H12F3N3.ClH/c13-12(14,15)8-18-7-11(6-17-18)10-3-1-9(5-16)2-4-10;/h1-4,6-7H,5,8,16H2;1H. The van der Waals surface area contributed by atoms with Gasteiger partial charge in [0.05, 0.1) is 6.20 Å². The highest BCUT2D eigenvalue weighted by molar-refractivity contribution is 5.85. The Labute approximate surface area is 114 Å². The summed E-state index contributed by atoms with van der Waals surface area (Å²) in [6, 6.07) is 7.32. The molecule has 104 valence electrons. The van der Waals surface area contributed by atoms with Crippen LogP contribution in [0.2, 0.25) is 0 Å². The summed E-state index contributed by atoms with van der Waals surface area (Å²) in [5.74, 6) is 0. The average molecular weight is 292 g/mol. The summed E-state index contributed by atoms with van der Waals surface area (Å²) in [6.07, 6.45) is -1.46. The highest BCUT2D eigenvalue weighted by Gasteiger charge is 2.28. The lowest BCUT2D eigenvalue weighted by atomic mass is 10.1. The molecule has 0 radical (unpaired) electrons. The van der Waals surface area contributed by atoms with Crippen molar-refractivity contribution in [1.82, 2.24) is 9.78 Å². The molecule has 2 aromatic rings. The Balaban J connectivity index is 0.00000180. The third kappa shape index (κ3) is 4.25. The van der Waals surface area contributed by atoms with Crippen molar-refractivity contribution in [3.63, 3.8) is 0 Å². The summed E-state index contributed by atoms with van der Waals surface area (Å²) >= 11 is 0. The minimum Gasteiger partial charge on any atom is -0.326 e. The molecule has 3 nitrogen and oxygen atoms in total. The molecule has 2 N–H and O–H groups in total. The minimum absolute atomic E-state index is 0. The Bertz CT molecular complexity index is 520. The van der Waals surface area contributed by atoms with Crippen LogP contribution in [0.3, 0.4) is 0 Å². The van der Waals surface area contributed by atoms with Crippen molar-refractivity contribution in [1.29, 1.82) is 0 Å². The maximum atomic E-state index is 12.2. The molecule has 7 heteroatoms. The van der Waals surface area contributed by atoms with Gasteiger partial charge in [0, 0.05) is 18.3 Å². The van der Waals surface area contributed by atoms with Gasteiger partial charge in [-0.15, -0.1) is 12.4 Å². The van der Waals surface area contributed by atoms with Crippen LogP contribution in [0.4, 0.5) is 13.2 Å². The number of alkyl halides is 3. The van der Waals surface area contributed by atoms with Crippen LogP contribution in [0.1, 0.15) is 5.56 Å². The lowest BCUT2D eigenvalue weighted by Gasteiger charge is -2.05. The summed E-state index contributed by atoms with van der Waals surface area (Å²) in [7, 11) is 0. The van der Waals surface area contributed by atoms with E-state index in [-0.39, 0.29) is 12.4 Å². The van der Waals surface area contributed by atoms with Crippen molar-refractivity contribution in [3.05, 3.63) is 42.2 Å². The van der Waals surface area contributed by atoms with E-state index in [0.717, 1.165) is 15.8 Å². The van der Waals surface area contributed by atoms with Crippen molar-refractivity contribution in [2.24, 2.45) is 5.73 Å². The molecular formula is C12H13ClF3N3. The topological polar surface area (TPSA) is 43.8 Å². The maximum absolute atomic E-state index is 12.2. The van der Waals surface area contributed by atoms with E-state index in [2.05, 4.69) is 5.10 Å². The second kappa shape index (κ2) is 6.08. The number of aromatic nitrogens is 2. The first kappa shape index (κ1) is 15.5. The zero-order chi connectivity index (χ0) is 13.2. The van der Waals surface area contributed by atoms with Gasteiger partial charge in [-0.3, -0.25) is 4.68 Å². The van der Waals surface area contributed by atoms with Gasteiger partial charge in [0.1, 0.15) is 6.54 Å². The van der Waals surface area contributed by atoms with Gasteiger partial charge in [-0.1, -0.05) is 24.3 Å². The van der Waals surface area contributed by atoms with Crippen molar-refractivity contribution in [2.45, 2.75) is 19.3 Å². The first-order chi connectivity index (χ1) is 8.48. The van der Waals surface area contributed by atoms with Crippen LogP contribution in [0.15, 0.2) is 36.7 Å². The van der Waals surface area contributed by atoms with E-state index in [0.29, 0.717) is 12.1 Å². The molecule has 0 atom stereocenters. The lowest BCUT2D eigenvalue weighted by Crippen LogP contribution is -2.17. The van der Waals surface area contributed by atoms with Crippen LogP contribution < -0.4 is 5.73 Å². The zero-order valence-electron chi connectivity index (χ0n) is 9.89. The predicted octanol–water partition coefficient (Wildman–Crippen LogP) is 2.99. The Morgan fingerprint density at radius 3 is 2.26 bits per heavy atom. The number of hydrogen-bond acceptors (Lipinski definition) is 2. The normalized spacial score (nSPS) is 11.2. The molecule has 0 spiro atoms. The quantitative estimate of drug-likeness (QED) is 0.945. The van der Waals surface area contributed by atoms with Gasteiger partial charge < -0.3 is 5.73 Å². The maximum Gasteiger partial charge on any atom is 0.408 e. The van der Waals surface area contributed by atoms with Gasteiger partial charge in [0.15, 0.2) is 0 Å². The summed E-state index contributed by atoms with van der Waals surface area (Å²) in [5, 5.41) is 3.69. The third-order valence-electron chi connectivity index (χ3n) is 2.50. The fourth-order valence-corrected chi connectivity index (χ4v) is 1.62. The van der Waals surface area contributed by atoms with E-state index in [9.17, 15) is 13.2 Å². The van der Waals surface area contributed by atoms with Crippen molar-refractivity contribution in [3.8, 4) is 11.1 Å². The molecular weight excluding hydrogens is 279 g/mol. The van der Waals surface area contributed by atoms with Crippen molar-refractivity contribution < 1.29 is 13.2 Å². The average Bonchev–Trinajstić information content (AvgIpc) is 2.75. The highest BCUT2D eigenvalue weighted by atomic mass is 35.5. The van der Waals surface area contributed by atoms with Crippen LogP contribution in [0.5, 0.6) is 0 Å². The van der Waals surface area contributed by atoms with Crippen LogP contribution in [0.25, 0.3) is 11.1 Å². The molecule has 0 saturated heterocycles. The largest absolute Gasteiger partial charge is 0.408 e. The second-order valence-electron chi connectivity index (χ2n) is 3.94. The van der Waals surface area contributed by atoms with E-state index >= 15 is 0 Å². The molecule has 2 rings (SSSR count). The van der Waals surface area contributed by atoms with Gasteiger partial charge in [0.25, 0.3) is 0 Å². The van der Waals surface area contributed by atoms with Gasteiger partial charge >= 0.3 is 6.18 Å². The molecule has 1 aromatic carbocycles. The van der Waals surface area contributed by atoms with E-state index < -0.39 is 12.7 Å². The van der Waals surface area contributed by atoms with E-state index in [1.807, 2.05) is 24.3 Å². The number of halogens is 4. The van der Waals surface area contributed by atoms with E-state index in [1.54, 1.807) is 0 Å². The second-order valence-corrected chi connectivity index (χ2v) is 3.94. The van der Waals surface area contributed by atoms with Crippen LogP contribution in [0, 0.1) is 0 Å². The van der Waals surface area contributed by atoms with Gasteiger partial charge in [-0.2, -0.15) is 18.3 Å². The Morgan fingerprint density at radius 2 is 1.74 bits per heavy atom. The van der Waals surface area contributed by atoms with Crippen LogP contribution in [-0.4, -0.2) is 16.0 Å². The molecule has 0 saturated carbocycles. The first-order valence-electron chi connectivity index (χ1n) is 5.36. The van der Waals surface area contributed by atoms with Crippen LogP contribution >= 0.6 is 12.4 Å². The van der Waals surface area contributed by atoms with Crippen molar-refractivity contribution >= 4 is 12.4 Å². The molecule has 0 aliphatic rings. The molecule has 0 unspecified atom stereocenters. The molecule has 0 aliphatic heterocycles. The molecule has 0 bridgehead atoms. The number of hydrogen-bond donors (Lipinski definition) is 1. The number of nitrogens with two attached hydrogens (primary N) is 1. The Kier molecular flexibility index (Phi) is 4.97. The molecule has 1 heterocycles. The fourth-order valence-electron chi connectivity index (χ4n) is 1.62. The van der Waals surface area contributed by atoms with Gasteiger partial charge in [-0.25, -0.2) is 0 Å². The highest BCUT2D eigenvalue weighted by Crippen LogP contribution is 2.21. The summed E-state index contributed by atoms with van der Waals surface area (Å²) in [4.78, 5) is 0. The molecule has 0 fully saturated rings. The zero-order valence-corrected chi connectivity index (χ0v) is 10.7. The third-order valence-corrected chi connectivity index (χ3v) is 2.50. The molecule has 0 amide bonds. The molecule has 19 heavy (non-hydrogen) atoms. The van der Waals surface area contributed by atoms with Gasteiger partial charge in [0.2, 0.25) is 0 Å². The molecule has 0 aliphatic carbocycles.